The summed E-state index contributed by atoms with van der Waals surface area (Å²) in [5.41, 5.74) is 0. The van der Waals surface area contributed by atoms with Crippen LogP contribution in [0.25, 0.3) is 0 Å². The molecule has 1 saturated carbocycles. The number of ether oxygens (including phenoxy) is 1. The Morgan fingerprint density at radius 2 is 1.82 bits per heavy atom. The van der Waals surface area contributed by atoms with Crippen molar-refractivity contribution in [3.63, 3.8) is 0 Å². The van der Waals surface area contributed by atoms with E-state index in [1.807, 2.05) is 7.11 Å². The van der Waals surface area contributed by atoms with Gasteiger partial charge in [0.2, 0.25) is 0 Å². The van der Waals surface area contributed by atoms with Crippen LogP contribution in [0.1, 0.15) is 38.5 Å². The highest BCUT2D eigenvalue weighted by Crippen LogP contribution is 2.22. The van der Waals surface area contributed by atoms with E-state index in [9.17, 15) is 0 Å². The Balaban J connectivity index is 1.69. The zero-order valence-electron chi connectivity index (χ0n) is 11.5. The molecule has 1 saturated heterocycles. The molecule has 0 spiro atoms. The smallest absolute Gasteiger partial charge is 0.0724 e. The Kier molecular flexibility index (Phi) is 5.26. The molecule has 1 N–H and O–H groups in total. The van der Waals surface area contributed by atoms with Gasteiger partial charge in [-0.3, -0.25) is 0 Å². The molecule has 3 heteroatoms. The zero-order valence-corrected chi connectivity index (χ0v) is 11.5. The zero-order chi connectivity index (χ0) is 12.1. The molecule has 0 aromatic rings. The van der Waals surface area contributed by atoms with Crippen LogP contribution in [0.4, 0.5) is 0 Å². The molecule has 3 nitrogen and oxygen atoms in total. The van der Waals surface area contributed by atoms with Gasteiger partial charge in [0.15, 0.2) is 0 Å². The van der Waals surface area contributed by atoms with Crippen LogP contribution >= 0.6 is 0 Å². The molecule has 2 aliphatic rings. The van der Waals surface area contributed by atoms with Gasteiger partial charge in [-0.05, 0) is 58.3 Å². The first-order valence-corrected chi connectivity index (χ1v) is 7.24. The Hall–Kier alpha value is -0.120. The quantitative estimate of drug-likeness (QED) is 0.812. The maximum absolute atomic E-state index is 5.59. The van der Waals surface area contributed by atoms with Crippen molar-refractivity contribution >= 4 is 0 Å². The van der Waals surface area contributed by atoms with Gasteiger partial charge in [0.05, 0.1) is 6.10 Å². The van der Waals surface area contributed by atoms with Crippen LogP contribution in [-0.2, 0) is 4.74 Å². The lowest BCUT2D eigenvalue weighted by Gasteiger charge is -2.34. The van der Waals surface area contributed by atoms with E-state index in [-0.39, 0.29) is 0 Å². The monoisotopic (exact) mass is 240 g/mol. The Morgan fingerprint density at radius 3 is 2.53 bits per heavy atom. The molecule has 1 aliphatic carbocycles. The molecule has 0 aromatic heterocycles. The van der Waals surface area contributed by atoms with Gasteiger partial charge in [-0.1, -0.05) is 12.8 Å². The number of likely N-dealkylation sites (tertiary alicyclic amines) is 1. The van der Waals surface area contributed by atoms with Crippen molar-refractivity contribution in [2.24, 2.45) is 5.92 Å². The van der Waals surface area contributed by atoms with Gasteiger partial charge < -0.3 is 15.0 Å². The molecule has 0 radical (unpaired) electrons. The van der Waals surface area contributed by atoms with E-state index < -0.39 is 0 Å². The molecule has 1 aliphatic heterocycles. The Labute approximate surface area is 106 Å². The molecule has 2 atom stereocenters. The number of nitrogens with zero attached hydrogens (tertiary/aromatic N) is 1. The number of methoxy groups -OCH3 is 1. The lowest BCUT2D eigenvalue weighted by molar-refractivity contribution is 0.0393. The summed E-state index contributed by atoms with van der Waals surface area (Å²) in [6.07, 6.45) is 8.40. The number of nitrogens with one attached hydrogen (secondary N) is 1. The average Bonchev–Trinajstić information content (AvgIpc) is 2.38. The van der Waals surface area contributed by atoms with Crippen LogP contribution in [0.15, 0.2) is 0 Å². The summed E-state index contributed by atoms with van der Waals surface area (Å²) >= 11 is 0. The van der Waals surface area contributed by atoms with E-state index in [2.05, 4.69) is 17.3 Å². The maximum atomic E-state index is 5.59. The number of hydrogen-bond acceptors (Lipinski definition) is 3. The largest absolute Gasteiger partial charge is 0.380 e. The summed E-state index contributed by atoms with van der Waals surface area (Å²) in [5, 5.41) is 3.76. The van der Waals surface area contributed by atoms with Gasteiger partial charge in [0, 0.05) is 13.2 Å². The fourth-order valence-electron chi connectivity index (χ4n) is 3.20. The first-order valence-electron chi connectivity index (χ1n) is 7.24. The second-order valence-corrected chi connectivity index (χ2v) is 5.82. The summed E-state index contributed by atoms with van der Waals surface area (Å²) in [6, 6.07) is 0.605. The molecule has 2 fully saturated rings. The number of piperidine rings is 1. The molecule has 100 valence electrons. The Bertz CT molecular complexity index is 214. The average molecular weight is 240 g/mol. The summed E-state index contributed by atoms with van der Waals surface area (Å²) in [7, 11) is 4.09. The summed E-state index contributed by atoms with van der Waals surface area (Å²) in [4.78, 5) is 2.44. The first kappa shape index (κ1) is 13.3. The van der Waals surface area contributed by atoms with Crippen LogP contribution < -0.4 is 5.32 Å². The molecule has 2 unspecified atom stereocenters. The normalized spacial score (nSPS) is 32.8. The lowest BCUT2D eigenvalue weighted by atomic mass is 9.91. The predicted octanol–water partition coefficient (Wildman–Crippen LogP) is 1.88. The minimum Gasteiger partial charge on any atom is -0.380 e. The fraction of sp³-hybridized carbons (Fsp3) is 1.00. The molecule has 2 rings (SSSR count). The van der Waals surface area contributed by atoms with Crippen LogP contribution in [0.3, 0.4) is 0 Å². The predicted molar refractivity (Wildman–Crippen MR) is 71.3 cm³/mol. The number of hydrogen-bond donors (Lipinski definition) is 1. The van der Waals surface area contributed by atoms with Crippen LogP contribution in [0, 0.1) is 5.92 Å². The summed E-state index contributed by atoms with van der Waals surface area (Å²) < 4.78 is 5.59. The highest BCUT2D eigenvalue weighted by Gasteiger charge is 2.25. The van der Waals surface area contributed by atoms with Crippen LogP contribution in [-0.4, -0.2) is 50.8 Å². The molecule has 1 heterocycles. The van der Waals surface area contributed by atoms with E-state index in [1.54, 1.807) is 0 Å². The minimum absolute atomic E-state index is 0.454. The van der Waals surface area contributed by atoms with Gasteiger partial charge in [0.25, 0.3) is 0 Å². The highest BCUT2D eigenvalue weighted by molar-refractivity contribution is 4.83. The highest BCUT2D eigenvalue weighted by atomic mass is 16.5. The van der Waals surface area contributed by atoms with Crippen LogP contribution in [0.2, 0.25) is 0 Å². The van der Waals surface area contributed by atoms with E-state index in [0.717, 1.165) is 5.92 Å². The van der Waals surface area contributed by atoms with Crippen molar-refractivity contribution in [2.75, 3.05) is 33.8 Å². The van der Waals surface area contributed by atoms with Crippen molar-refractivity contribution in [1.29, 1.82) is 0 Å². The Morgan fingerprint density at radius 1 is 1.12 bits per heavy atom. The summed E-state index contributed by atoms with van der Waals surface area (Å²) in [5.74, 6) is 0.880. The van der Waals surface area contributed by atoms with Crippen LogP contribution in [0.5, 0.6) is 0 Å². The molecule has 0 bridgehead atoms. The second kappa shape index (κ2) is 6.72. The van der Waals surface area contributed by atoms with Crippen molar-refractivity contribution in [3.05, 3.63) is 0 Å². The fourth-order valence-corrected chi connectivity index (χ4v) is 3.20. The molecule has 0 aromatic carbocycles. The van der Waals surface area contributed by atoms with Crippen molar-refractivity contribution in [3.8, 4) is 0 Å². The standard InChI is InChI=1S/C14H28N2O/c1-16-9-7-12(8-10-16)11-15-13-5-3-4-6-14(13)17-2/h12-15H,3-11H2,1-2H3. The lowest BCUT2D eigenvalue weighted by Crippen LogP contribution is -2.46. The SMILES string of the molecule is COC1CCCCC1NCC1CCN(C)CC1. The van der Waals surface area contributed by atoms with Crippen molar-refractivity contribution in [2.45, 2.75) is 50.7 Å². The minimum atomic E-state index is 0.454. The first-order chi connectivity index (χ1) is 8.29. The number of rotatable bonds is 4. The van der Waals surface area contributed by atoms with Crippen molar-refractivity contribution in [1.82, 2.24) is 10.2 Å². The molecular formula is C14H28N2O. The van der Waals surface area contributed by atoms with E-state index in [0.29, 0.717) is 12.1 Å². The third-order valence-electron chi connectivity index (χ3n) is 4.51. The van der Waals surface area contributed by atoms with E-state index in [4.69, 9.17) is 4.74 Å². The third kappa shape index (κ3) is 3.94. The van der Waals surface area contributed by atoms with E-state index in [1.165, 1.54) is 58.2 Å². The van der Waals surface area contributed by atoms with E-state index >= 15 is 0 Å². The topological polar surface area (TPSA) is 24.5 Å². The third-order valence-corrected chi connectivity index (χ3v) is 4.51. The van der Waals surface area contributed by atoms with Gasteiger partial charge in [0.1, 0.15) is 0 Å². The molecular weight excluding hydrogens is 212 g/mol. The van der Waals surface area contributed by atoms with Gasteiger partial charge in [-0.2, -0.15) is 0 Å². The summed E-state index contributed by atoms with van der Waals surface area (Å²) in [6.45, 7) is 3.73. The maximum Gasteiger partial charge on any atom is 0.0724 e. The van der Waals surface area contributed by atoms with Gasteiger partial charge in [-0.25, -0.2) is 0 Å². The van der Waals surface area contributed by atoms with Crippen molar-refractivity contribution < 1.29 is 4.74 Å². The molecule has 17 heavy (non-hydrogen) atoms. The van der Waals surface area contributed by atoms with Gasteiger partial charge >= 0.3 is 0 Å². The van der Waals surface area contributed by atoms with Gasteiger partial charge in [-0.15, -0.1) is 0 Å². The second-order valence-electron chi connectivity index (χ2n) is 5.82. The molecule has 0 amide bonds.